The number of aliphatic hydroxyl groups is 1. The summed E-state index contributed by atoms with van der Waals surface area (Å²) in [5.41, 5.74) is 7.09. The van der Waals surface area contributed by atoms with E-state index in [1.165, 1.54) is 11.6 Å². The van der Waals surface area contributed by atoms with Gasteiger partial charge in [0.15, 0.2) is 34.7 Å². The maximum absolute atomic E-state index is 14.0. The Morgan fingerprint density at radius 1 is 0.818 bits per heavy atom. The number of rotatable bonds is 4. The molecule has 3 aliphatic carbocycles. The number of phenols is 1. The first-order valence-corrected chi connectivity index (χ1v) is 14.7. The molecule has 0 aromatic heterocycles. The summed E-state index contributed by atoms with van der Waals surface area (Å²) in [6, 6.07) is 25.4. The molecule has 44 heavy (non-hydrogen) atoms. The predicted octanol–water partition coefficient (Wildman–Crippen LogP) is 3.74. The highest BCUT2D eigenvalue weighted by Crippen LogP contribution is 2.51. The number of ketones is 4. The minimum absolute atomic E-state index is 0.0117. The summed E-state index contributed by atoms with van der Waals surface area (Å²) >= 11 is 0. The molecule has 220 valence electrons. The Kier molecular flexibility index (Phi) is 6.37. The molecule has 2 unspecified atom stereocenters. The number of primary amides is 1. The van der Waals surface area contributed by atoms with E-state index in [1.807, 2.05) is 42.5 Å². The SMILES string of the molecule is NC(=O)C1C(=O)C[C@@H]2C[C@@H]3Cc4c(-c5ccc(Cc6ccccc6)c6ccccc56)ccc(O)c4C(=O)C3C(=O)[C@]2(O)C1=O. The summed E-state index contributed by atoms with van der Waals surface area (Å²) in [5.74, 6) is -10.2. The van der Waals surface area contributed by atoms with Gasteiger partial charge in [0.2, 0.25) is 5.91 Å². The lowest BCUT2D eigenvalue weighted by atomic mass is 9.53. The molecule has 5 atom stereocenters. The topological polar surface area (TPSA) is 152 Å². The van der Waals surface area contributed by atoms with Gasteiger partial charge < -0.3 is 15.9 Å². The summed E-state index contributed by atoms with van der Waals surface area (Å²) < 4.78 is 0. The van der Waals surface area contributed by atoms with Crippen molar-refractivity contribution in [2.45, 2.75) is 31.3 Å². The summed E-state index contributed by atoms with van der Waals surface area (Å²) in [5, 5.41) is 24.4. The molecular weight excluding hydrogens is 558 g/mol. The van der Waals surface area contributed by atoms with Crippen LogP contribution >= 0.6 is 0 Å². The van der Waals surface area contributed by atoms with Crippen LogP contribution in [-0.4, -0.2) is 44.9 Å². The summed E-state index contributed by atoms with van der Waals surface area (Å²) in [4.78, 5) is 65.6. The molecule has 0 heterocycles. The number of nitrogens with two attached hydrogens (primary N) is 1. The standard InChI is InChI=1S/C36H29NO7/c37-35(43)31-28(39)17-21-15-20-16-26-25(12-13-27(38)30(26)32(40)29(20)33(41)36(21,44)34(31)42)24-11-10-19(14-18-6-2-1-3-7-18)22-8-4-5-9-23(22)24/h1-13,20-21,29,31,38,44H,14-17H2,(H2,37,43)/t20-,21+,29?,31?,36+/m1/s1. The Morgan fingerprint density at radius 2 is 1.50 bits per heavy atom. The lowest BCUT2D eigenvalue weighted by molar-refractivity contribution is -0.175. The quantitative estimate of drug-likeness (QED) is 0.308. The zero-order valence-electron chi connectivity index (χ0n) is 23.7. The lowest BCUT2D eigenvalue weighted by Gasteiger charge is -2.48. The Morgan fingerprint density at radius 3 is 2.23 bits per heavy atom. The number of hydrogen-bond acceptors (Lipinski definition) is 7. The second-order valence-electron chi connectivity index (χ2n) is 12.2. The van der Waals surface area contributed by atoms with Gasteiger partial charge >= 0.3 is 0 Å². The molecule has 1 amide bonds. The molecule has 4 aromatic carbocycles. The minimum atomic E-state index is -2.67. The molecule has 2 fully saturated rings. The zero-order chi connectivity index (χ0) is 30.9. The van der Waals surface area contributed by atoms with Crippen LogP contribution in [0.3, 0.4) is 0 Å². The second kappa shape index (κ2) is 10.1. The third kappa shape index (κ3) is 3.98. The average Bonchev–Trinajstić information content (AvgIpc) is 3.00. The van der Waals surface area contributed by atoms with E-state index in [0.29, 0.717) is 5.56 Å². The smallest absolute Gasteiger partial charge is 0.235 e. The van der Waals surface area contributed by atoms with Crippen molar-refractivity contribution in [2.75, 3.05) is 0 Å². The van der Waals surface area contributed by atoms with Gasteiger partial charge in [-0.15, -0.1) is 0 Å². The van der Waals surface area contributed by atoms with Crippen LogP contribution in [0.4, 0.5) is 0 Å². The molecule has 0 saturated heterocycles. The first-order chi connectivity index (χ1) is 21.1. The van der Waals surface area contributed by atoms with Crippen LogP contribution in [0, 0.1) is 23.7 Å². The molecule has 0 spiro atoms. The maximum atomic E-state index is 14.0. The van der Waals surface area contributed by atoms with Gasteiger partial charge in [0.1, 0.15) is 5.75 Å². The average molecular weight is 588 g/mol. The zero-order valence-corrected chi connectivity index (χ0v) is 23.7. The van der Waals surface area contributed by atoms with Gasteiger partial charge in [-0.1, -0.05) is 72.8 Å². The summed E-state index contributed by atoms with van der Waals surface area (Å²) in [6.45, 7) is 0. The highest BCUT2D eigenvalue weighted by molar-refractivity contribution is 6.31. The highest BCUT2D eigenvalue weighted by Gasteiger charge is 2.66. The number of fused-ring (bicyclic) bond motifs is 4. The fourth-order valence-electron chi connectivity index (χ4n) is 7.79. The Labute approximate surface area is 252 Å². The van der Waals surface area contributed by atoms with E-state index in [0.717, 1.165) is 33.9 Å². The van der Waals surface area contributed by atoms with Crippen LogP contribution in [0.25, 0.3) is 21.9 Å². The molecule has 2 saturated carbocycles. The molecular formula is C36H29NO7. The van der Waals surface area contributed by atoms with Crippen LogP contribution in [0.1, 0.15) is 39.9 Å². The van der Waals surface area contributed by atoms with Crippen LogP contribution in [-0.2, 0) is 32.0 Å². The molecule has 4 aromatic rings. The number of carbonyl (C=O) groups excluding carboxylic acids is 5. The van der Waals surface area contributed by atoms with E-state index >= 15 is 0 Å². The van der Waals surface area contributed by atoms with Crippen molar-refractivity contribution in [3.05, 3.63) is 101 Å². The predicted molar refractivity (Wildman–Crippen MR) is 161 cm³/mol. The van der Waals surface area contributed by atoms with Crippen LogP contribution in [0.15, 0.2) is 78.9 Å². The van der Waals surface area contributed by atoms with Gasteiger partial charge in [0.25, 0.3) is 0 Å². The van der Waals surface area contributed by atoms with E-state index < -0.39 is 58.3 Å². The number of hydrogen-bond donors (Lipinski definition) is 3. The maximum Gasteiger partial charge on any atom is 0.235 e. The number of carbonyl (C=O) groups is 5. The van der Waals surface area contributed by atoms with Gasteiger partial charge in [-0.05, 0) is 69.8 Å². The molecule has 4 N–H and O–H groups in total. The van der Waals surface area contributed by atoms with Crippen LogP contribution in [0.2, 0.25) is 0 Å². The second-order valence-corrected chi connectivity index (χ2v) is 12.2. The van der Waals surface area contributed by atoms with Gasteiger partial charge in [-0.2, -0.15) is 0 Å². The van der Waals surface area contributed by atoms with E-state index in [9.17, 15) is 34.2 Å². The third-order valence-corrected chi connectivity index (χ3v) is 9.83. The molecule has 7 rings (SSSR count). The van der Waals surface area contributed by atoms with Crippen molar-refractivity contribution in [3.63, 3.8) is 0 Å². The largest absolute Gasteiger partial charge is 0.507 e. The summed E-state index contributed by atoms with van der Waals surface area (Å²) in [7, 11) is 0. The van der Waals surface area contributed by atoms with Gasteiger partial charge in [0.05, 0.1) is 11.5 Å². The fraction of sp³-hybridized carbons (Fsp3) is 0.250. The number of phenolic OH excluding ortho intramolecular Hbond substituents is 1. The highest BCUT2D eigenvalue weighted by atomic mass is 16.3. The summed E-state index contributed by atoms with van der Waals surface area (Å²) in [6.07, 6.45) is 0.632. The molecule has 0 radical (unpaired) electrons. The number of benzene rings is 4. The minimum Gasteiger partial charge on any atom is -0.507 e. The molecule has 0 bridgehead atoms. The van der Waals surface area contributed by atoms with Gasteiger partial charge in [-0.3, -0.25) is 24.0 Å². The van der Waals surface area contributed by atoms with Crippen molar-refractivity contribution in [1.82, 2.24) is 0 Å². The lowest BCUT2D eigenvalue weighted by Crippen LogP contribution is -2.68. The number of Topliss-reactive ketones (excluding diaryl/α,β-unsaturated/α-hetero) is 4. The molecule has 0 aliphatic heterocycles. The van der Waals surface area contributed by atoms with E-state index in [1.54, 1.807) is 6.07 Å². The van der Waals surface area contributed by atoms with E-state index in [4.69, 9.17) is 5.73 Å². The monoisotopic (exact) mass is 587 g/mol. The van der Waals surface area contributed by atoms with E-state index in [-0.39, 0.29) is 30.6 Å². The Bertz CT molecular complexity index is 1930. The molecule has 8 heteroatoms. The normalized spacial score (nSPS) is 26.2. The van der Waals surface area contributed by atoms with Gasteiger partial charge in [-0.25, -0.2) is 0 Å². The van der Waals surface area contributed by atoms with Crippen molar-refractivity contribution in [1.29, 1.82) is 0 Å². The Hall–Kier alpha value is -4.95. The third-order valence-electron chi connectivity index (χ3n) is 9.83. The van der Waals surface area contributed by atoms with Crippen LogP contribution in [0.5, 0.6) is 5.75 Å². The Balaban J connectivity index is 1.33. The van der Waals surface area contributed by atoms with Crippen LogP contribution < -0.4 is 5.73 Å². The van der Waals surface area contributed by atoms with Gasteiger partial charge in [0, 0.05) is 12.3 Å². The van der Waals surface area contributed by atoms with Crippen molar-refractivity contribution in [2.24, 2.45) is 29.4 Å². The first-order valence-electron chi connectivity index (χ1n) is 14.7. The van der Waals surface area contributed by atoms with Crippen molar-refractivity contribution >= 4 is 39.8 Å². The first kappa shape index (κ1) is 27.9. The van der Waals surface area contributed by atoms with Crippen molar-refractivity contribution in [3.8, 4) is 16.9 Å². The molecule has 3 aliphatic rings. The number of aromatic hydroxyl groups is 1. The van der Waals surface area contributed by atoms with E-state index in [2.05, 4.69) is 24.3 Å². The number of amides is 1. The molecule has 8 nitrogen and oxygen atoms in total. The van der Waals surface area contributed by atoms with Crippen molar-refractivity contribution < 1.29 is 34.2 Å². The fourth-order valence-corrected chi connectivity index (χ4v) is 7.79.